The summed E-state index contributed by atoms with van der Waals surface area (Å²) < 4.78 is 11.6. The van der Waals surface area contributed by atoms with Gasteiger partial charge in [-0.1, -0.05) is 12.1 Å². The molecule has 3 aromatic rings. The van der Waals surface area contributed by atoms with Crippen LogP contribution in [0.1, 0.15) is 23.9 Å². The van der Waals surface area contributed by atoms with Gasteiger partial charge in [-0.15, -0.1) is 11.3 Å². The molecule has 7 nitrogen and oxygen atoms in total. The van der Waals surface area contributed by atoms with E-state index in [2.05, 4.69) is 10.1 Å². The number of ether oxygens (including phenoxy) is 2. The second-order valence-corrected chi connectivity index (χ2v) is 6.13. The van der Waals surface area contributed by atoms with E-state index in [0.717, 1.165) is 11.3 Å². The van der Waals surface area contributed by atoms with Crippen LogP contribution in [0, 0.1) is 0 Å². The molecular formula is C17H17N3O4S. The molecule has 2 aromatic heterocycles. The fraction of sp³-hybridized carbons (Fsp3) is 0.294. The van der Waals surface area contributed by atoms with Gasteiger partial charge in [-0.05, 0) is 24.6 Å². The molecular weight excluding hydrogens is 342 g/mol. The largest absolute Gasteiger partial charge is 0.497 e. The van der Waals surface area contributed by atoms with Crippen molar-refractivity contribution in [2.24, 2.45) is 0 Å². The van der Waals surface area contributed by atoms with Gasteiger partial charge in [0.15, 0.2) is 0 Å². The molecule has 0 saturated carbocycles. The first kappa shape index (κ1) is 17.1. The lowest BCUT2D eigenvalue weighted by atomic mass is 10.1. The molecule has 0 saturated heterocycles. The molecule has 0 aliphatic carbocycles. The normalized spacial score (nSPS) is 10.8. The summed E-state index contributed by atoms with van der Waals surface area (Å²) in [7, 11) is 1.60. The molecule has 0 atom stereocenters. The topological polar surface area (TPSA) is 82.8 Å². The number of methoxy groups -OCH3 is 1. The van der Waals surface area contributed by atoms with E-state index in [1.54, 1.807) is 23.9 Å². The SMILES string of the molecule is CCOC(=O)Cc1csc2nc(=O)c(Cc3ccc(OC)cc3)nn12. The number of benzene rings is 1. The van der Waals surface area contributed by atoms with Crippen LogP contribution in [0.25, 0.3) is 4.96 Å². The first-order valence-corrected chi connectivity index (χ1v) is 8.63. The van der Waals surface area contributed by atoms with Gasteiger partial charge in [-0.2, -0.15) is 10.1 Å². The van der Waals surface area contributed by atoms with E-state index in [0.29, 0.717) is 29.4 Å². The molecule has 25 heavy (non-hydrogen) atoms. The molecule has 8 heteroatoms. The summed E-state index contributed by atoms with van der Waals surface area (Å²) in [6.45, 7) is 2.08. The lowest BCUT2D eigenvalue weighted by Crippen LogP contribution is -2.20. The highest BCUT2D eigenvalue weighted by molar-refractivity contribution is 7.15. The number of rotatable bonds is 6. The third-order valence-electron chi connectivity index (χ3n) is 3.58. The van der Waals surface area contributed by atoms with Crippen molar-refractivity contribution in [1.29, 1.82) is 0 Å². The van der Waals surface area contributed by atoms with Crippen molar-refractivity contribution in [3.8, 4) is 5.75 Å². The standard InChI is InChI=1S/C17H17N3O4S/c1-3-24-15(21)9-12-10-25-17-18-16(22)14(19-20(12)17)8-11-4-6-13(23-2)7-5-11/h4-7,10H,3,8-9H2,1-2H3. The first-order chi connectivity index (χ1) is 12.1. The van der Waals surface area contributed by atoms with Crippen LogP contribution in [0.3, 0.4) is 0 Å². The molecule has 0 amide bonds. The van der Waals surface area contributed by atoms with Gasteiger partial charge in [0, 0.05) is 11.8 Å². The van der Waals surface area contributed by atoms with E-state index in [9.17, 15) is 9.59 Å². The van der Waals surface area contributed by atoms with Gasteiger partial charge in [0.05, 0.1) is 25.8 Å². The zero-order valence-electron chi connectivity index (χ0n) is 13.9. The maximum absolute atomic E-state index is 12.2. The van der Waals surface area contributed by atoms with Gasteiger partial charge in [0.25, 0.3) is 5.56 Å². The number of fused-ring (bicyclic) bond motifs is 1. The Labute approximate surface area is 147 Å². The average Bonchev–Trinajstić information content (AvgIpc) is 2.98. The van der Waals surface area contributed by atoms with E-state index in [1.165, 1.54) is 11.3 Å². The van der Waals surface area contributed by atoms with Crippen molar-refractivity contribution in [2.45, 2.75) is 19.8 Å². The predicted octanol–water partition coefficient (Wildman–Crippen LogP) is 1.86. The van der Waals surface area contributed by atoms with Gasteiger partial charge in [0.2, 0.25) is 4.96 Å². The number of aromatic nitrogens is 3. The van der Waals surface area contributed by atoms with Gasteiger partial charge < -0.3 is 9.47 Å². The Bertz CT molecular complexity index is 947. The predicted molar refractivity (Wildman–Crippen MR) is 93.3 cm³/mol. The van der Waals surface area contributed by atoms with Crippen molar-refractivity contribution < 1.29 is 14.3 Å². The van der Waals surface area contributed by atoms with Crippen molar-refractivity contribution in [1.82, 2.24) is 14.6 Å². The van der Waals surface area contributed by atoms with Crippen LogP contribution in [-0.4, -0.2) is 34.3 Å². The molecule has 0 aliphatic heterocycles. The summed E-state index contributed by atoms with van der Waals surface area (Å²) in [5, 5.41) is 6.17. The molecule has 0 spiro atoms. The summed E-state index contributed by atoms with van der Waals surface area (Å²) in [4.78, 5) is 28.4. The number of hydrogen-bond donors (Lipinski definition) is 0. The lowest BCUT2D eigenvalue weighted by molar-refractivity contribution is -0.142. The zero-order valence-corrected chi connectivity index (χ0v) is 14.7. The van der Waals surface area contributed by atoms with E-state index in [1.807, 2.05) is 24.3 Å². The maximum atomic E-state index is 12.2. The summed E-state index contributed by atoms with van der Waals surface area (Å²) in [5.74, 6) is 0.413. The van der Waals surface area contributed by atoms with Crippen LogP contribution in [0.5, 0.6) is 5.75 Å². The molecule has 0 aliphatic rings. The molecule has 130 valence electrons. The Balaban J connectivity index is 1.90. The second kappa shape index (κ2) is 7.43. The number of carbonyl (C=O) groups is 1. The highest BCUT2D eigenvalue weighted by atomic mass is 32.1. The molecule has 0 bridgehead atoms. The molecule has 0 N–H and O–H groups in total. The highest BCUT2D eigenvalue weighted by Gasteiger charge is 2.14. The lowest BCUT2D eigenvalue weighted by Gasteiger charge is -2.05. The highest BCUT2D eigenvalue weighted by Crippen LogP contribution is 2.15. The summed E-state index contributed by atoms with van der Waals surface area (Å²) >= 11 is 1.27. The third-order valence-corrected chi connectivity index (χ3v) is 4.44. The molecule has 0 unspecified atom stereocenters. The fourth-order valence-electron chi connectivity index (χ4n) is 2.36. The van der Waals surface area contributed by atoms with Crippen LogP contribution < -0.4 is 10.3 Å². The van der Waals surface area contributed by atoms with E-state index in [-0.39, 0.29) is 17.9 Å². The fourth-order valence-corrected chi connectivity index (χ4v) is 3.18. The molecule has 2 heterocycles. The smallest absolute Gasteiger partial charge is 0.311 e. The quantitative estimate of drug-likeness (QED) is 0.625. The molecule has 1 aromatic carbocycles. The minimum atomic E-state index is -0.361. The Morgan fingerprint density at radius 2 is 2.04 bits per heavy atom. The summed E-state index contributed by atoms with van der Waals surface area (Å²) in [6, 6.07) is 7.41. The van der Waals surface area contributed by atoms with Crippen molar-refractivity contribution >= 4 is 22.3 Å². The van der Waals surface area contributed by atoms with E-state index < -0.39 is 0 Å². The van der Waals surface area contributed by atoms with Crippen LogP contribution >= 0.6 is 11.3 Å². The molecule has 0 fully saturated rings. The Hall–Kier alpha value is -2.74. The molecule has 3 rings (SSSR count). The Kier molecular flexibility index (Phi) is 5.08. The first-order valence-electron chi connectivity index (χ1n) is 7.75. The van der Waals surface area contributed by atoms with Crippen molar-refractivity contribution in [3.63, 3.8) is 0 Å². The van der Waals surface area contributed by atoms with Gasteiger partial charge in [-0.25, -0.2) is 4.52 Å². The van der Waals surface area contributed by atoms with Crippen LogP contribution in [0.2, 0.25) is 0 Å². The Morgan fingerprint density at radius 3 is 2.72 bits per heavy atom. The number of hydrogen-bond acceptors (Lipinski definition) is 7. The van der Waals surface area contributed by atoms with Gasteiger partial charge >= 0.3 is 5.97 Å². The molecule has 0 radical (unpaired) electrons. The second-order valence-electron chi connectivity index (χ2n) is 5.29. The van der Waals surface area contributed by atoms with Gasteiger partial charge in [-0.3, -0.25) is 9.59 Å². The van der Waals surface area contributed by atoms with E-state index >= 15 is 0 Å². The summed E-state index contributed by atoms with van der Waals surface area (Å²) in [5.41, 5.74) is 1.54. The number of esters is 1. The number of thiazole rings is 1. The monoisotopic (exact) mass is 359 g/mol. The number of carbonyl (C=O) groups excluding carboxylic acids is 1. The third kappa shape index (κ3) is 3.85. The minimum Gasteiger partial charge on any atom is -0.497 e. The maximum Gasteiger partial charge on any atom is 0.311 e. The average molecular weight is 359 g/mol. The van der Waals surface area contributed by atoms with E-state index in [4.69, 9.17) is 9.47 Å². The number of nitrogens with zero attached hydrogens (tertiary/aromatic N) is 3. The zero-order chi connectivity index (χ0) is 17.8. The Morgan fingerprint density at radius 1 is 1.28 bits per heavy atom. The minimum absolute atomic E-state index is 0.0906. The van der Waals surface area contributed by atoms with Crippen molar-refractivity contribution in [2.75, 3.05) is 13.7 Å². The van der Waals surface area contributed by atoms with Crippen LogP contribution in [-0.2, 0) is 22.4 Å². The van der Waals surface area contributed by atoms with Crippen LogP contribution in [0.4, 0.5) is 0 Å². The van der Waals surface area contributed by atoms with Crippen molar-refractivity contribution in [3.05, 3.63) is 57.0 Å². The van der Waals surface area contributed by atoms with Crippen LogP contribution in [0.15, 0.2) is 34.4 Å². The van der Waals surface area contributed by atoms with Gasteiger partial charge in [0.1, 0.15) is 11.4 Å². The summed E-state index contributed by atoms with van der Waals surface area (Å²) in [6.07, 6.45) is 0.445.